The highest BCUT2D eigenvalue weighted by Gasteiger charge is 2.24. The second-order valence-electron chi connectivity index (χ2n) is 5.24. The van der Waals surface area contributed by atoms with Gasteiger partial charge in [0.05, 0.1) is 0 Å². The van der Waals surface area contributed by atoms with Crippen LogP contribution in [-0.2, 0) is 0 Å². The normalized spacial score (nSPS) is 17.2. The number of hydrazine groups is 1. The van der Waals surface area contributed by atoms with Gasteiger partial charge in [-0.1, -0.05) is 13.0 Å². The van der Waals surface area contributed by atoms with Crippen molar-refractivity contribution in [1.82, 2.24) is 15.0 Å². The van der Waals surface area contributed by atoms with Crippen LogP contribution in [0.4, 0.5) is 0 Å². The van der Waals surface area contributed by atoms with Crippen LogP contribution in [0.15, 0.2) is 36.8 Å². The highest BCUT2D eigenvalue weighted by atomic mass is 16.1. The molecular weight excluding hydrogens is 238 g/mol. The van der Waals surface area contributed by atoms with Crippen LogP contribution in [0.1, 0.15) is 31.1 Å². The Morgan fingerprint density at radius 1 is 1.42 bits per heavy atom. The molecule has 0 saturated carbocycles. The SMILES string of the molecule is CC(CN1CC=CN1C(C)C)C(=O)c1cccnc1. The summed E-state index contributed by atoms with van der Waals surface area (Å²) >= 11 is 0. The molecular formula is C15H21N3O. The molecule has 1 aromatic rings. The molecule has 0 fully saturated rings. The van der Waals surface area contributed by atoms with E-state index in [1.165, 1.54) is 0 Å². The molecule has 19 heavy (non-hydrogen) atoms. The molecule has 2 heterocycles. The summed E-state index contributed by atoms with van der Waals surface area (Å²) in [4.78, 5) is 16.3. The van der Waals surface area contributed by atoms with E-state index in [1.807, 2.05) is 13.0 Å². The van der Waals surface area contributed by atoms with Crippen molar-refractivity contribution >= 4 is 5.78 Å². The standard InChI is InChI=1S/C15H21N3O/c1-12(2)18-9-5-8-17(18)11-13(3)15(19)14-6-4-7-16-10-14/h4-7,9-10,12-13H,8,11H2,1-3H3. The highest BCUT2D eigenvalue weighted by Crippen LogP contribution is 2.16. The van der Waals surface area contributed by atoms with Crippen molar-refractivity contribution in [1.29, 1.82) is 0 Å². The lowest BCUT2D eigenvalue weighted by atomic mass is 10.0. The molecule has 0 radical (unpaired) electrons. The van der Waals surface area contributed by atoms with Gasteiger partial charge in [-0.25, -0.2) is 5.01 Å². The number of hydrogen-bond acceptors (Lipinski definition) is 4. The van der Waals surface area contributed by atoms with Crippen molar-refractivity contribution in [2.75, 3.05) is 13.1 Å². The number of carbonyl (C=O) groups excluding carboxylic acids is 1. The van der Waals surface area contributed by atoms with Gasteiger partial charge in [-0.15, -0.1) is 0 Å². The van der Waals surface area contributed by atoms with Crippen molar-refractivity contribution in [2.45, 2.75) is 26.8 Å². The minimum absolute atomic E-state index is 0.0367. The van der Waals surface area contributed by atoms with Crippen molar-refractivity contribution in [2.24, 2.45) is 5.92 Å². The third-order valence-corrected chi connectivity index (χ3v) is 3.31. The summed E-state index contributed by atoms with van der Waals surface area (Å²) in [5, 5.41) is 4.40. The molecule has 0 bridgehead atoms. The second-order valence-corrected chi connectivity index (χ2v) is 5.24. The summed E-state index contributed by atoms with van der Waals surface area (Å²) in [5.74, 6) is 0.119. The smallest absolute Gasteiger partial charge is 0.168 e. The topological polar surface area (TPSA) is 36.4 Å². The average molecular weight is 259 g/mol. The van der Waals surface area contributed by atoms with Gasteiger partial charge in [-0.3, -0.25) is 9.78 Å². The number of rotatable bonds is 5. The largest absolute Gasteiger partial charge is 0.311 e. The van der Waals surface area contributed by atoms with Crippen molar-refractivity contribution in [3.05, 3.63) is 42.4 Å². The molecule has 0 aliphatic carbocycles. The highest BCUT2D eigenvalue weighted by molar-refractivity contribution is 5.97. The lowest BCUT2D eigenvalue weighted by molar-refractivity contribution is 0.0122. The Labute approximate surface area is 114 Å². The number of hydrogen-bond donors (Lipinski definition) is 0. The number of aromatic nitrogens is 1. The Hall–Kier alpha value is -1.68. The minimum atomic E-state index is -0.0367. The molecule has 102 valence electrons. The van der Waals surface area contributed by atoms with Gasteiger partial charge in [0.2, 0.25) is 0 Å². The van der Waals surface area contributed by atoms with Crippen LogP contribution in [0.2, 0.25) is 0 Å². The van der Waals surface area contributed by atoms with E-state index in [1.54, 1.807) is 18.5 Å². The Balaban J connectivity index is 1.98. The third-order valence-electron chi connectivity index (χ3n) is 3.31. The molecule has 4 heteroatoms. The average Bonchev–Trinajstić information content (AvgIpc) is 2.87. The zero-order chi connectivity index (χ0) is 13.8. The molecule has 0 N–H and O–H groups in total. The van der Waals surface area contributed by atoms with E-state index in [9.17, 15) is 4.79 Å². The number of pyridine rings is 1. The number of nitrogens with zero attached hydrogens (tertiary/aromatic N) is 3. The van der Waals surface area contributed by atoms with Crippen LogP contribution in [-0.4, -0.2) is 39.9 Å². The van der Waals surface area contributed by atoms with Gasteiger partial charge in [0.25, 0.3) is 0 Å². The first-order chi connectivity index (χ1) is 9.09. The Morgan fingerprint density at radius 3 is 2.84 bits per heavy atom. The molecule has 2 rings (SSSR count). The van der Waals surface area contributed by atoms with E-state index in [2.05, 4.69) is 41.1 Å². The Bertz CT molecular complexity index is 456. The lowest BCUT2D eigenvalue weighted by Gasteiger charge is -2.33. The number of Topliss-reactive ketones (excluding diaryl/α,β-unsaturated/α-hetero) is 1. The monoisotopic (exact) mass is 259 g/mol. The molecule has 1 unspecified atom stereocenters. The predicted molar refractivity (Wildman–Crippen MR) is 75.4 cm³/mol. The Kier molecular flexibility index (Phi) is 4.32. The molecule has 4 nitrogen and oxygen atoms in total. The Morgan fingerprint density at radius 2 is 2.21 bits per heavy atom. The summed E-state index contributed by atoms with van der Waals surface area (Å²) < 4.78 is 0. The van der Waals surface area contributed by atoms with Crippen LogP contribution >= 0.6 is 0 Å². The van der Waals surface area contributed by atoms with Gasteiger partial charge in [0, 0.05) is 49.2 Å². The zero-order valence-electron chi connectivity index (χ0n) is 11.8. The van der Waals surface area contributed by atoms with E-state index >= 15 is 0 Å². The first-order valence-corrected chi connectivity index (χ1v) is 6.73. The third kappa shape index (κ3) is 3.20. The maximum Gasteiger partial charge on any atom is 0.168 e. The number of ketones is 1. The number of carbonyl (C=O) groups is 1. The molecule has 0 aromatic carbocycles. The van der Waals surface area contributed by atoms with Crippen LogP contribution in [0.5, 0.6) is 0 Å². The van der Waals surface area contributed by atoms with Crippen LogP contribution < -0.4 is 0 Å². The molecule has 1 atom stereocenters. The molecule has 0 amide bonds. The van der Waals surface area contributed by atoms with E-state index in [0.29, 0.717) is 11.6 Å². The molecule has 1 aliphatic heterocycles. The molecule has 1 aromatic heterocycles. The summed E-state index contributed by atoms with van der Waals surface area (Å²) in [6, 6.07) is 4.05. The first kappa shape index (κ1) is 13.7. The zero-order valence-corrected chi connectivity index (χ0v) is 11.8. The fraction of sp³-hybridized carbons (Fsp3) is 0.467. The van der Waals surface area contributed by atoms with Gasteiger partial charge >= 0.3 is 0 Å². The van der Waals surface area contributed by atoms with Crippen molar-refractivity contribution in [3.63, 3.8) is 0 Å². The van der Waals surface area contributed by atoms with E-state index in [-0.39, 0.29) is 11.7 Å². The van der Waals surface area contributed by atoms with Crippen molar-refractivity contribution < 1.29 is 4.79 Å². The molecule has 0 saturated heterocycles. The van der Waals surface area contributed by atoms with E-state index in [0.717, 1.165) is 13.1 Å². The van der Waals surface area contributed by atoms with Gasteiger partial charge < -0.3 is 5.01 Å². The first-order valence-electron chi connectivity index (χ1n) is 6.73. The van der Waals surface area contributed by atoms with Crippen LogP contribution in [0, 0.1) is 5.92 Å². The van der Waals surface area contributed by atoms with E-state index < -0.39 is 0 Å². The van der Waals surface area contributed by atoms with Gasteiger partial charge in [-0.05, 0) is 26.0 Å². The van der Waals surface area contributed by atoms with Gasteiger partial charge in [0.1, 0.15) is 0 Å². The summed E-state index contributed by atoms with van der Waals surface area (Å²) in [6.07, 6.45) is 7.54. The predicted octanol–water partition coefficient (Wildman–Crippen LogP) is 2.36. The molecule has 1 aliphatic rings. The maximum absolute atomic E-state index is 12.3. The van der Waals surface area contributed by atoms with Crippen LogP contribution in [0.25, 0.3) is 0 Å². The second kappa shape index (κ2) is 5.97. The maximum atomic E-state index is 12.3. The van der Waals surface area contributed by atoms with Gasteiger partial charge in [-0.2, -0.15) is 0 Å². The van der Waals surface area contributed by atoms with Crippen molar-refractivity contribution in [3.8, 4) is 0 Å². The fourth-order valence-electron chi connectivity index (χ4n) is 2.32. The summed E-state index contributed by atoms with van der Waals surface area (Å²) in [7, 11) is 0. The molecule has 0 spiro atoms. The van der Waals surface area contributed by atoms with E-state index in [4.69, 9.17) is 0 Å². The quantitative estimate of drug-likeness (QED) is 0.761. The lowest BCUT2D eigenvalue weighted by Crippen LogP contribution is -2.43. The summed E-state index contributed by atoms with van der Waals surface area (Å²) in [5.41, 5.74) is 0.693. The van der Waals surface area contributed by atoms with Gasteiger partial charge in [0.15, 0.2) is 5.78 Å². The minimum Gasteiger partial charge on any atom is -0.311 e. The summed E-state index contributed by atoms with van der Waals surface area (Å²) in [6.45, 7) is 7.89. The van der Waals surface area contributed by atoms with Crippen LogP contribution in [0.3, 0.4) is 0 Å². The fourth-order valence-corrected chi connectivity index (χ4v) is 2.32.